The minimum absolute atomic E-state index is 0.312. The average Bonchev–Trinajstić information content (AvgIpc) is 2.21. The molecule has 0 aliphatic heterocycles. The Balaban J connectivity index is 4.22. The number of hydrogen-bond acceptors (Lipinski definition) is 8. The number of rotatable bonds is 7. The first-order valence-electron chi connectivity index (χ1n) is 3.99. The number of carbonyl (C=O) groups excluding carboxylic acids is 1. The van der Waals surface area contributed by atoms with Crippen molar-refractivity contribution in [1.82, 2.24) is 0 Å². The van der Waals surface area contributed by atoms with Gasteiger partial charge in [-0.05, 0) is 0 Å². The third kappa shape index (κ3) is 5.61. The van der Waals surface area contributed by atoms with E-state index >= 15 is 0 Å². The standard InChI is InChI=1S/C6H12FO8P/c7-3(1-8)5(10)6(11)4(9)2-15-16(12,13)14/h1,3-6,9-11H,2H2,(H2,12,13,14)/p-2/t3-,4+,5+,6+/m0/s1. The monoisotopic (exact) mass is 260 g/mol. The molecule has 0 rings (SSSR count). The van der Waals surface area contributed by atoms with Crippen LogP contribution in [0, 0.1) is 0 Å². The Labute approximate surface area is 89.5 Å². The quantitative estimate of drug-likeness (QED) is 0.314. The fourth-order valence-electron chi connectivity index (χ4n) is 0.763. The maximum Gasteiger partial charge on any atom is 0.183 e. The van der Waals surface area contributed by atoms with Crippen LogP contribution in [0.25, 0.3) is 0 Å². The predicted octanol–water partition coefficient (Wildman–Crippen LogP) is -3.55. The van der Waals surface area contributed by atoms with E-state index in [0.29, 0.717) is 0 Å². The van der Waals surface area contributed by atoms with E-state index < -0.39 is 38.9 Å². The summed E-state index contributed by atoms with van der Waals surface area (Å²) in [5, 5.41) is 26.9. The Bertz CT molecular complexity index is 267. The van der Waals surface area contributed by atoms with Crippen LogP contribution in [0.5, 0.6) is 0 Å². The lowest BCUT2D eigenvalue weighted by Gasteiger charge is -2.31. The zero-order valence-corrected chi connectivity index (χ0v) is 8.70. The molecule has 0 unspecified atom stereocenters. The van der Waals surface area contributed by atoms with Gasteiger partial charge in [-0.3, -0.25) is 0 Å². The Hall–Kier alpha value is -0.410. The van der Waals surface area contributed by atoms with Crippen LogP contribution in [0.1, 0.15) is 0 Å². The Morgan fingerprint density at radius 2 is 1.81 bits per heavy atom. The van der Waals surface area contributed by atoms with Crippen LogP contribution in [-0.2, 0) is 13.9 Å². The predicted molar refractivity (Wildman–Crippen MR) is 42.5 cm³/mol. The van der Waals surface area contributed by atoms with Crippen molar-refractivity contribution in [1.29, 1.82) is 0 Å². The van der Waals surface area contributed by atoms with Crippen LogP contribution >= 0.6 is 7.82 Å². The lowest BCUT2D eigenvalue weighted by atomic mass is 10.1. The fourth-order valence-corrected chi connectivity index (χ4v) is 1.10. The van der Waals surface area contributed by atoms with Gasteiger partial charge in [-0.15, -0.1) is 0 Å². The van der Waals surface area contributed by atoms with Crippen molar-refractivity contribution in [2.75, 3.05) is 6.61 Å². The topological polar surface area (TPSA) is 150 Å². The minimum Gasteiger partial charge on any atom is -0.790 e. The van der Waals surface area contributed by atoms with Crippen LogP contribution in [0.2, 0.25) is 0 Å². The molecular weight excluding hydrogens is 250 g/mol. The summed E-state index contributed by atoms with van der Waals surface area (Å²) in [4.78, 5) is 29.9. The van der Waals surface area contributed by atoms with E-state index in [0.717, 1.165) is 0 Å². The summed E-state index contributed by atoms with van der Waals surface area (Å²) in [5.41, 5.74) is 0. The molecule has 8 nitrogen and oxygen atoms in total. The van der Waals surface area contributed by atoms with E-state index in [1.165, 1.54) is 0 Å². The summed E-state index contributed by atoms with van der Waals surface area (Å²) in [6.07, 6.45) is -9.19. The molecule has 0 aliphatic carbocycles. The molecule has 0 aromatic heterocycles. The van der Waals surface area contributed by atoms with E-state index in [1.54, 1.807) is 0 Å². The van der Waals surface area contributed by atoms with E-state index in [2.05, 4.69) is 4.52 Å². The number of carbonyl (C=O) groups is 1. The highest BCUT2D eigenvalue weighted by Crippen LogP contribution is 2.25. The highest BCUT2D eigenvalue weighted by Gasteiger charge is 2.31. The molecule has 0 saturated heterocycles. The molecule has 4 atom stereocenters. The van der Waals surface area contributed by atoms with Crippen LogP contribution < -0.4 is 9.79 Å². The Kier molecular flexibility index (Phi) is 6.19. The second-order valence-electron chi connectivity index (χ2n) is 2.87. The summed E-state index contributed by atoms with van der Waals surface area (Å²) in [5.74, 6) is 0. The van der Waals surface area contributed by atoms with Gasteiger partial charge in [-0.25, -0.2) is 4.39 Å². The van der Waals surface area contributed by atoms with Gasteiger partial charge in [0, 0.05) is 0 Å². The van der Waals surface area contributed by atoms with Crippen LogP contribution in [-0.4, -0.2) is 52.7 Å². The Morgan fingerprint density at radius 1 is 1.31 bits per heavy atom. The molecule has 10 heteroatoms. The number of phosphoric acid groups is 1. The van der Waals surface area contributed by atoms with Crippen LogP contribution in [0.15, 0.2) is 0 Å². The third-order valence-electron chi connectivity index (χ3n) is 1.60. The van der Waals surface area contributed by atoms with Gasteiger partial charge in [0.2, 0.25) is 0 Å². The molecule has 96 valence electrons. The minimum atomic E-state index is -5.34. The molecule has 0 radical (unpaired) electrons. The number of alkyl halides is 1. The molecule has 0 aliphatic rings. The van der Waals surface area contributed by atoms with Crippen molar-refractivity contribution in [3.05, 3.63) is 0 Å². The molecule has 16 heavy (non-hydrogen) atoms. The lowest BCUT2D eigenvalue weighted by molar-refractivity contribution is -0.343. The zero-order chi connectivity index (χ0) is 12.9. The van der Waals surface area contributed by atoms with E-state index in [9.17, 15) is 23.5 Å². The van der Waals surface area contributed by atoms with Crippen molar-refractivity contribution >= 4 is 14.1 Å². The molecule has 0 aromatic carbocycles. The fraction of sp³-hybridized carbons (Fsp3) is 0.833. The van der Waals surface area contributed by atoms with Gasteiger partial charge in [0.1, 0.15) is 18.3 Å². The van der Waals surface area contributed by atoms with Gasteiger partial charge in [-0.2, -0.15) is 0 Å². The normalized spacial score (nSPS) is 19.9. The van der Waals surface area contributed by atoms with Gasteiger partial charge < -0.3 is 39.0 Å². The van der Waals surface area contributed by atoms with Crippen molar-refractivity contribution < 1.29 is 43.4 Å². The SMILES string of the molecule is O=C[C@H](F)[C@@H](O)[C@H](O)[C@H](O)COP(=O)([O-])[O-]. The molecule has 0 aromatic rings. The summed E-state index contributed by atoms with van der Waals surface area (Å²) < 4.78 is 26.1. The van der Waals surface area contributed by atoms with Crippen molar-refractivity contribution in [2.24, 2.45) is 0 Å². The first kappa shape index (κ1) is 15.6. The van der Waals surface area contributed by atoms with Crippen molar-refractivity contribution in [3.63, 3.8) is 0 Å². The zero-order valence-electron chi connectivity index (χ0n) is 7.80. The number of halogens is 1. The Morgan fingerprint density at radius 3 is 2.19 bits per heavy atom. The van der Waals surface area contributed by atoms with Gasteiger partial charge in [-0.1, -0.05) is 0 Å². The van der Waals surface area contributed by atoms with Crippen LogP contribution in [0.4, 0.5) is 4.39 Å². The highest BCUT2D eigenvalue weighted by atomic mass is 31.2. The molecule has 0 heterocycles. The van der Waals surface area contributed by atoms with Crippen molar-refractivity contribution in [3.8, 4) is 0 Å². The van der Waals surface area contributed by atoms with Crippen molar-refractivity contribution in [2.45, 2.75) is 24.5 Å². The van der Waals surface area contributed by atoms with Crippen LogP contribution in [0.3, 0.4) is 0 Å². The smallest absolute Gasteiger partial charge is 0.183 e. The summed E-state index contributed by atoms with van der Waals surface area (Å²) in [6, 6.07) is 0. The van der Waals surface area contributed by atoms with E-state index in [1.807, 2.05) is 0 Å². The summed E-state index contributed by atoms with van der Waals surface area (Å²) in [7, 11) is -5.34. The second-order valence-corrected chi connectivity index (χ2v) is 4.02. The largest absolute Gasteiger partial charge is 0.790 e. The number of aldehydes is 1. The molecule has 0 bridgehead atoms. The summed E-state index contributed by atoms with van der Waals surface area (Å²) in [6.45, 7) is -1.14. The maximum absolute atomic E-state index is 12.5. The summed E-state index contributed by atoms with van der Waals surface area (Å²) >= 11 is 0. The second kappa shape index (κ2) is 6.36. The highest BCUT2D eigenvalue weighted by molar-refractivity contribution is 7.43. The number of aliphatic hydroxyl groups is 3. The maximum atomic E-state index is 12.5. The first-order chi connectivity index (χ1) is 7.19. The number of aliphatic hydroxyl groups excluding tert-OH is 3. The molecule has 0 saturated carbocycles. The lowest BCUT2D eigenvalue weighted by Crippen LogP contribution is -2.45. The number of phosphoric ester groups is 1. The van der Waals surface area contributed by atoms with E-state index in [-0.39, 0.29) is 6.29 Å². The molecular formula is C6H10FO8P-2. The van der Waals surface area contributed by atoms with Gasteiger partial charge >= 0.3 is 0 Å². The first-order valence-corrected chi connectivity index (χ1v) is 5.45. The van der Waals surface area contributed by atoms with Gasteiger partial charge in [0.05, 0.1) is 14.4 Å². The average molecular weight is 260 g/mol. The van der Waals surface area contributed by atoms with Gasteiger partial charge in [0.15, 0.2) is 12.5 Å². The molecule has 0 amide bonds. The third-order valence-corrected chi connectivity index (χ3v) is 2.07. The molecule has 0 fully saturated rings. The number of hydrogen-bond donors (Lipinski definition) is 3. The molecule has 3 N–H and O–H groups in total. The van der Waals surface area contributed by atoms with E-state index in [4.69, 9.17) is 15.3 Å². The van der Waals surface area contributed by atoms with Gasteiger partial charge in [0.25, 0.3) is 0 Å². The molecule has 0 spiro atoms.